The van der Waals surface area contributed by atoms with Crippen molar-refractivity contribution in [3.8, 4) is 0 Å². The van der Waals surface area contributed by atoms with E-state index in [-0.39, 0.29) is 17.6 Å². The monoisotopic (exact) mass is 408 g/mol. The quantitative estimate of drug-likeness (QED) is 0.525. The number of aromatic nitrogens is 3. The Morgan fingerprint density at radius 3 is 2.78 bits per heavy atom. The second-order valence-corrected chi connectivity index (χ2v) is 8.76. The van der Waals surface area contributed by atoms with Gasteiger partial charge >= 0.3 is 5.97 Å². The molecule has 2 heterocycles. The lowest BCUT2D eigenvalue weighted by Crippen LogP contribution is -2.16. The van der Waals surface area contributed by atoms with E-state index < -0.39 is 5.97 Å². The number of hydrogen-bond acceptors (Lipinski definition) is 7. The van der Waals surface area contributed by atoms with Gasteiger partial charge in [0, 0.05) is 10.9 Å². The van der Waals surface area contributed by atoms with E-state index in [1.165, 1.54) is 23.1 Å². The summed E-state index contributed by atoms with van der Waals surface area (Å²) in [5.41, 5.74) is 0.417. The van der Waals surface area contributed by atoms with E-state index in [2.05, 4.69) is 33.9 Å². The van der Waals surface area contributed by atoms with Crippen molar-refractivity contribution in [2.45, 2.75) is 57.7 Å². The highest BCUT2D eigenvalue weighted by molar-refractivity contribution is 7.99. The van der Waals surface area contributed by atoms with Crippen LogP contribution in [0.1, 0.15) is 66.6 Å². The zero-order valence-electron chi connectivity index (χ0n) is 15.9. The number of hydrogen-bond donors (Lipinski definition) is 1. The molecule has 2 aromatic rings. The fraction of sp³-hybridized carbons (Fsp3) is 0.556. The van der Waals surface area contributed by atoms with Crippen molar-refractivity contribution >= 4 is 40.0 Å². The van der Waals surface area contributed by atoms with Gasteiger partial charge in [0.25, 0.3) is 0 Å². The van der Waals surface area contributed by atoms with Crippen molar-refractivity contribution in [3.05, 3.63) is 22.3 Å². The van der Waals surface area contributed by atoms with Crippen molar-refractivity contribution < 1.29 is 14.3 Å². The third kappa shape index (κ3) is 4.70. The lowest BCUT2D eigenvalue weighted by Gasteiger charge is -2.07. The summed E-state index contributed by atoms with van der Waals surface area (Å²) in [6.07, 6.45) is 2.27. The average molecular weight is 409 g/mol. The smallest absolute Gasteiger partial charge is 0.341 e. The molecule has 0 saturated heterocycles. The molecule has 1 N–H and O–H groups in total. The van der Waals surface area contributed by atoms with Crippen molar-refractivity contribution in [2.75, 3.05) is 17.7 Å². The zero-order valence-corrected chi connectivity index (χ0v) is 17.6. The fourth-order valence-corrected chi connectivity index (χ4v) is 4.56. The molecule has 1 amide bonds. The Kier molecular flexibility index (Phi) is 6.21. The highest BCUT2D eigenvalue weighted by Crippen LogP contribution is 2.38. The highest BCUT2D eigenvalue weighted by Gasteiger charge is 2.28. The number of aryl methyl sites for hydroxylation is 1. The summed E-state index contributed by atoms with van der Waals surface area (Å²) in [5, 5.41) is 12.5. The third-order valence-corrected chi connectivity index (χ3v) is 6.44. The zero-order chi connectivity index (χ0) is 19.6. The van der Waals surface area contributed by atoms with Crippen LogP contribution in [0.5, 0.6) is 0 Å². The van der Waals surface area contributed by atoms with E-state index in [4.69, 9.17) is 4.74 Å². The van der Waals surface area contributed by atoms with Gasteiger partial charge in [0.1, 0.15) is 10.8 Å². The molecule has 1 saturated carbocycles. The van der Waals surface area contributed by atoms with Gasteiger partial charge in [-0.3, -0.25) is 4.79 Å². The number of ether oxygens (including phenoxy) is 1. The molecule has 7 nitrogen and oxygen atoms in total. The van der Waals surface area contributed by atoms with Crippen LogP contribution in [0.25, 0.3) is 0 Å². The number of amides is 1. The molecule has 3 rings (SSSR count). The van der Waals surface area contributed by atoms with Gasteiger partial charge in [-0.15, -0.1) is 21.5 Å². The molecule has 0 bridgehead atoms. The SMILES string of the molecule is CCOC(=O)c1cc(C(C)C)sc1NC(=O)CSc1nnc(C)n1C1CC1. The largest absolute Gasteiger partial charge is 0.462 e. The molecule has 1 fully saturated rings. The van der Waals surface area contributed by atoms with Gasteiger partial charge in [-0.05, 0) is 38.7 Å². The Balaban J connectivity index is 1.67. The van der Waals surface area contributed by atoms with E-state index in [0.29, 0.717) is 23.2 Å². The van der Waals surface area contributed by atoms with E-state index in [0.717, 1.165) is 28.7 Å². The number of rotatable bonds is 8. The van der Waals surface area contributed by atoms with Gasteiger partial charge in [0.05, 0.1) is 17.9 Å². The van der Waals surface area contributed by atoms with Crippen molar-refractivity contribution in [1.82, 2.24) is 14.8 Å². The molecule has 0 unspecified atom stereocenters. The van der Waals surface area contributed by atoms with Crippen LogP contribution in [-0.2, 0) is 9.53 Å². The molecule has 27 heavy (non-hydrogen) atoms. The maximum atomic E-state index is 12.5. The van der Waals surface area contributed by atoms with E-state index >= 15 is 0 Å². The van der Waals surface area contributed by atoms with Crippen LogP contribution in [0.3, 0.4) is 0 Å². The minimum atomic E-state index is -0.410. The summed E-state index contributed by atoms with van der Waals surface area (Å²) in [4.78, 5) is 25.7. The Labute approximate surface area is 166 Å². The third-order valence-electron chi connectivity index (χ3n) is 4.15. The second-order valence-electron chi connectivity index (χ2n) is 6.73. The topological polar surface area (TPSA) is 86.1 Å². The molecule has 1 aliphatic carbocycles. The summed E-state index contributed by atoms with van der Waals surface area (Å²) in [6.45, 7) is 8.09. The second kappa shape index (κ2) is 8.43. The Hall–Kier alpha value is -1.87. The lowest BCUT2D eigenvalue weighted by atomic mass is 10.1. The minimum absolute atomic E-state index is 0.175. The Morgan fingerprint density at radius 2 is 2.15 bits per heavy atom. The number of thioether (sulfide) groups is 1. The predicted octanol–water partition coefficient (Wildman–Crippen LogP) is 4.01. The summed E-state index contributed by atoms with van der Waals surface area (Å²) in [5.74, 6) is 0.772. The van der Waals surface area contributed by atoms with Crippen LogP contribution in [0.4, 0.5) is 5.00 Å². The summed E-state index contributed by atoms with van der Waals surface area (Å²) in [6, 6.07) is 2.27. The van der Waals surface area contributed by atoms with E-state index in [9.17, 15) is 9.59 Å². The van der Waals surface area contributed by atoms with Crippen molar-refractivity contribution in [2.24, 2.45) is 0 Å². The van der Waals surface area contributed by atoms with E-state index in [1.54, 1.807) is 6.92 Å². The summed E-state index contributed by atoms with van der Waals surface area (Å²) >= 11 is 2.79. The molecular formula is C18H24N4O3S2. The minimum Gasteiger partial charge on any atom is -0.462 e. The van der Waals surface area contributed by atoms with Crippen LogP contribution < -0.4 is 5.32 Å². The van der Waals surface area contributed by atoms with Gasteiger partial charge in [-0.1, -0.05) is 25.6 Å². The van der Waals surface area contributed by atoms with Gasteiger partial charge < -0.3 is 14.6 Å². The van der Waals surface area contributed by atoms with E-state index in [1.807, 2.05) is 13.0 Å². The number of anilines is 1. The Bertz CT molecular complexity index is 840. The summed E-state index contributed by atoms with van der Waals surface area (Å²) in [7, 11) is 0. The molecule has 0 aromatic carbocycles. The number of carbonyl (C=O) groups is 2. The molecule has 146 valence electrons. The number of esters is 1. The normalized spacial score (nSPS) is 13.8. The van der Waals surface area contributed by atoms with Gasteiger partial charge in [0.15, 0.2) is 5.16 Å². The summed E-state index contributed by atoms with van der Waals surface area (Å²) < 4.78 is 7.22. The number of nitrogens with zero attached hydrogens (tertiary/aromatic N) is 3. The first-order chi connectivity index (χ1) is 12.9. The van der Waals surface area contributed by atoms with Gasteiger partial charge in [-0.25, -0.2) is 4.79 Å². The molecule has 2 aromatic heterocycles. The fourth-order valence-electron chi connectivity index (χ4n) is 2.64. The van der Waals surface area contributed by atoms with Crippen LogP contribution in [-0.4, -0.2) is 39.0 Å². The first kappa shape index (κ1) is 19.9. The maximum Gasteiger partial charge on any atom is 0.341 e. The molecule has 9 heteroatoms. The average Bonchev–Trinajstić information content (AvgIpc) is 3.25. The van der Waals surface area contributed by atoms with Crippen LogP contribution in [0.2, 0.25) is 0 Å². The molecule has 0 radical (unpaired) electrons. The van der Waals surface area contributed by atoms with Crippen LogP contribution in [0.15, 0.2) is 11.2 Å². The standard InChI is InChI=1S/C18H24N4O3S2/c1-5-25-17(24)13-8-14(10(2)3)27-16(13)19-15(23)9-26-18-21-20-11(4)22(18)12-6-7-12/h8,10,12H,5-7,9H2,1-4H3,(H,19,23). The predicted molar refractivity (Wildman–Crippen MR) is 107 cm³/mol. The lowest BCUT2D eigenvalue weighted by molar-refractivity contribution is -0.113. The van der Waals surface area contributed by atoms with Crippen LogP contribution >= 0.6 is 23.1 Å². The van der Waals surface area contributed by atoms with Gasteiger partial charge in [-0.2, -0.15) is 0 Å². The van der Waals surface area contributed by atoms with Crippen molar-refractivity contribution in [1.29, 1.82) is 0 Å². The molecular weight excluding hydrogens is 384 g/mol. The van der Waals surface area contributed by atoms with Crippen LogP contribution in [0, 0.1) is 6.92 Å². The first-order valence-corrected chi connectivity index (χ1v) is 10.9. The maximum absolute atomic E-state index is 12.5. The molecule has 0 atom stereocenters. The molecule has 1 aliphatic rings. The number of carbonyl (C=O) groups excluding carboxylic acids is 2. The van der Waals surface area contributed by atoms with Gasteiger partial charge in [0.2, 0.25) is 5.91 Å². The number of thiophene rings is 1. The first-order valence-electron chi connectivity index (χ1n) is 9.05. The molecule has 0 aliphatic heterocycles. The Morgan fingerprint density at radius 1 is 1.41 bits per heavy atom. The highest BCUT2D eigenvalue weighted by atomic mass is 32.2. The molecule has 0 spiro atoms. The van der Waals surface area contributed by atoms with Crippen molar-refractivity contribution in [3.63, 3.8) is 0 Å². The number of nitrogens with one attached hydrogen (secondary N) is 1.